The predicted molar refractivity (Wildman–Crippen MR) is 58.9 cm³/mol. The molecule has 1 unspecified atom stereocenters. The van der Waals surface area contributed by atoms with Crippen LogP contribution in [0.3, 0.4) is 0 Å². The second kappa shape index (κ2) is 7.14. The van der Waals surface area contributed by atoms with Gasteiger partial charge in [0.1, 0.15) is 0 Å². The molecule has 1 aliphatic heterocycles. The standard InChI is InChI=1S/C10H20O.C2H4/c1-4-9-6-8(3)11-10(5-2)7-9;1-2/h8-10H,4-7H2,1-3H3;1-2H2/t8?,9-,10-;/m0./s1. The molecule has 13 heavy (non-hydrogen) atoms. The third-order valence-electron chi connectivity index (χ3n) is 2.72. The monoisotopic (exact) mass is 184 g/mol. The van der Waals surface area contributed by atoms with Gasteiger partial charge in [-0.25, -0.2) is 0 Å². The van der Waals surface area contributed by atoms with E-state index in [4.69, 9.17) is 4.74 Å². The lowest BCUT2D eigenvalue weighted by molar-refractivity contribution is -0.0632. The minimum Gasteiger partial charge on any atom is -0.375 e. The number of rotatable bonds is 2. The van der Waals surface area contributed by atoms with Crippen molar-refractivity contribution in [3.63, 3.8) is 0 Å². The Labute approximate surface area is 83.2 Å². The van der Waals surface area contributed by atoms with Gasteiger partial charge in [-0.15, -0.1) is 13.2 Å². The molecule has 1 aliphatic rings. The maximum Gasteiger partial charge on any atom is 0.0578 e. The van der Waals surface area contributed by atoms with Gasteiger partial charge in [-0.05, 0) is 32.1 Å². The zero-order valence-electron chi connectivity index (χ0n) is 9.38. The van der Waals surface area contributed by atoms with E-state index in [0.717, 1.165) is 5.92 Å². The molecule has 0 radical (unpaired) electrons. The number of hydrogen-bond donors (Lipinski definition) is 0. The average molecular weight is 184 g/mol. The van der Waals surface area contributed by atoms with Crippen LogP contribution in [0.2, 0.25) is 0 Å². The van der Waals surface area contributed by atoms with Crippen LogP contribution in [0.15, 0.2) is 13.2 Å². The summed E-state index contributed by atoms with van der Waals surface area (Å²) in [6, 6.07) is 0. The fraction of sp³-hybridized carbons (Fsp3) is 0.833. The van der Waals surface area contributed by atoms with Gasteiger partial charge in [-0.1, -0.05) is 20.3 Å². The van der Waals surface area contributed by atoms with E-state index >= 15 is 0 Å². The van der Waals surface area contributed by atoms with Gasteiger partial charge >= 0.3 is 0 Å². The molecular formula is C12H24O. The lowest BCUT2D eigenvalue weighted by atomic mass is 9.89. The molecular weight excluding hydrogens is 160 g/mol. The van der Waals surface area contributed by atoms with Crippen LogP contribution in [0, 0.1) is 5.92 Å². The molecule has 0 aromatic heterocycles. The van der Waals surface area contributed by atoms with Crippen molar-refractivity contribution < 1.29 is 4.74 Å². The Bertz CT molecular complexity index is 110. The van der Waals surface area contributed by atoms with E-state index in [2.05, 4.69) is 33.9 Å². The third-order valence-corrected chi connectivity index (χ3v) is 2.72. The zero-order valence-corrected chi connectivity index (χ0v) is 9.38. The van der Waals surface area contributed by atoms with E-state index < -0.39 is 0 Å². The largest absolute Gasteiger partial charge is 0.375 e. The number of hydrogen-bond acceptors (Lipinski definition) is 1. The molecule has 0 N–H and O–H groups in total. The highest BCUT2D eigenvalue weighted by molar-refractivity contribution is 4.73. The summed E-state index contributed by atoms with van der Waals surface area (Å²) in [6.45, 7) is 12.7. The van der Waals surface area contributed by atoms with Gasteiger partial charge < -0.3 is 4.74 Å². The zero-order chi connectivity index (χ0) is 10.3. The molecule has 0 aromatic carbocycles. The van der Waals surface area contributed by atoms with Gasteiger partial charge in [0, 0.05) is 0 Å². The van der Waals surface area contributed by atoms with E-state index in [-0.39, 0.29) is 0 Å². The van der Waals surface area contributed by atoms with Crippen molar-refractivity contribution in [2.75, 3.05) is 0 Å². The molecule has 1 rings (SSSR count). The molecule has 0 bridgehead atoms. The van der Waals surface area contributed by atoms with Gasteiger partial charge in [0.2, 0.25) is 0 Å². The van der Waals surface area contributed by atoms with E-state index in [1.807, 2.05) is 0 Å². The van der Waals surface area contributed by atoms with Crippen molar-refractivity contribution in [3.8, 4) is 0 Å². The average Bonchev–Trinajstić information content (AvgIpc) is 2.20. The highest BCUT2D eigenvalue weighted by Gasteiger charge is 2.24. The van der Waals surface area contributed by atoms with Crippen LogP contribution >= 0.6 is 0 Å². The fourth-order valence-electron chi connectivity index (χ4n) is 1.97. The van der Waals surface area contributed by atoms with Gasteiger partial charge in [0.15, 0.2) is 0 Å². The molecule has 0 spiro atoms. The lowest BCUT2D eigenvalue weighted by Gasteiger charge is -2.32. The first-order valence-corrected chi connectivity index (χ1v) is 5.41. The summed E-state index contributed by atoms with van der Waals surface area (Å²) >= 11 is 0. The van der Waals surface area contributed by atoms with E-state index in [0.29, 0.717) is 12.2 Å². The topological polar surface area (TPSA) is 9.23 Å². The Hall–Kier alpha value is -0.300. The van der Waals surface area contributed by atoms with Crippen LogP contribution in [-0.2, 0) is 4.74 Å². The molecule has 0 amide bonds. The summed E-state index contributed by atoms with van der Waals surface area (Å²) in [5, 5.41) is 0. The highest BCUT2D eigenvalue weighted by atomic mass is 16.5. The fourth-order valence-corrected chi connectivity index (χ4v) is 1.97. The molecule has 1 nitrogen and oxygen atoms in total. The summed E-state index contributed by atoms with van der Waals surface area (Å²) in [5.74, 6) is 0.920. The first-order chi connectivity index (χ1) is 6.26. The smallest absolute Gasteiger partial charge is 0.0578 e. The van der Waals surface area contributed by atoms with Gasteiger partial charge in [-0.3, -0.25) is 0 Å². The van der Waals surface area contributed by atoms with E-state index in [9.17, 15) is 0 Å². The second-order valence-corrected chi connectivity index (χ2v) is 3.72. The molecule has 0 saturated carbocycles. The molecule has 3 atom stereocenters. The molecule has 0 aliphatic carbocycles. The maximum absolute atomic E-state index is 5.77. The minimum atomic E-state index is 0.499. The summed E-state index contributed by atoms with van der Waals surface area (Å²) in [5.41, 5.74) is 0. The molecule has 0 aromatic rings. The van der Waals surface area contributed by atoms with Crippen molar-refractivity contribution in [1.82, 2.24) is 0 Å². The molecule has 78 valence electrons. The normalized spacial score (nSPS) is 33.3. The van der Waals surface area contributed by atoms with Crippen LogP contribution in [0.1, 0.15) is 46.5 Å². The Morgan fingerprint density at radius 3 is 2.23 bits per heavy atom. The van der Waals surface area contributed by atoms with Crippen molar-refractivity contribution in [3.05, 3.63) is 13.2 Å². The van der Waals surface area contributed by atoms with Crippen molar-refractivity contribution in [2.45, 2.75) is 58.7 Å². The van der Waals surface area contributed by atoms with E-state index in [1.165, 1.54) is 25.7 Å². The first kappa shape index (κ1) is 12.7. The van der Waals surface area contributed by atoms with Gasteiger partial charge in [0.25, 0.3) is 0 Å². The summed E-state index contributed by atoms with van der Waals surface area (Å²) in [4.78, 5) is 0. The third kappa shape index (κ3) is 4.47. The van der Waals surface area contributed by atoms with Crippen LogP contribution in [0.5, 0.6) is 0 Å². The Kier molecular flexibility index (Phi) is 6.97. The van der Waals surface area contributed by atoms with Crippen molar-refractivity contribution in [1.29, 1.82) is 0 Å². The Morgan fingerprint density at radius 1 is 1.15 bits per heavy atom. The van der Waals surface area contributed by atoms with Gasteiger partial charge in [-0.2, -0.15) is 0 Å². The van der Waals surface area contributed by atoms with Crippen LogP contribution in [0.25, 0.3) is 0 Å². The van der Waals surface area contributed by atoms with Gasteiger partial charge in [0.05, 0.1) is 12.2 Å². The lowest BCUT2D eigenvalue weighted by Crippen LogP contribution is -2.30. The first-order valence-electron chi connectivity index (χ1n) is 5.41. The minimum absolute atomic E-state index is 0.499. The van der Waals surface area contributed by atoms with E-state index in [1.54, 1.807) is 0 Å². The molecule has 1 saturated heterocycles. The predicted octanol–water partition coefficient (Wildman–Crippen LogP) is 3.79. The van der Waals surface area contributed by atoms with Crippen LogP contribution in [0.4, 0.5) is 0 Å². The Morgan fingerprint density at radius 2 is 1.77 bits per heavy atom. The molecule has 1 fully saturated rings. The van der Waals surface area contributed by atoms with Crippen LogP contribution < -0.4 is 0 Å². The highest BCUT2D eigenvalue weighted by Crippen LogP contribution is 2.28. The van der Waals surface area contributed by atoms with Crippen LogP contribution in [-0.4, -0.2) is 12.2 Å². The SMILES string of the molecule is C=C.CC[C@H]1CC(C)O[C@@H](CC)C1. The number of ether oxygens (including phenoxy) is 1. The quantitative estimate of drug-likeness (QED) is 0.593. The molecule has 1 heterocycles. The summed E-state index contributed by atoms with van der Waals surface area (Å²) < 4.78 is 5.77. The molecule has 1 heteroatoms. The summed E-state index contributed by atoms with van der Waals surface area (Å²) in [6.07, 6.45) is 6.11. The summed E-state index contributed by atoms with van der Waals surface area (Å²) in [7, 11) is 0. The Balaban J connectivity index is 0.000000671. The maximum atomic E-state index is 5.77. The second-order valence-electron chi connectivity index (χ2n) is 3.72. The van der Waals surface area contributed by atoms with Crippen molar-refractivity contribution >= 4 is 0 Å². The van der Waals surface area contributed by atoms with Crippen molar-refractivity contribution in [2.24, 2.45) is 5.92 Å².